The lowest BCUT2D eigenvalue weighted by Crippen LogP contribution is -2.13. The number of benzene rings is 1. The van der Waals surface area contributed by atoms with Crippen LogP contribution in [0.5, 0.6) is 17.4 Å². The molecular formula is C15H20N2O2. The van der Waals surface area contributed by atoms with Crippen molar-refractivity contribution in [3.05, 3.63) is 35.5 Å². The van der Waals surface area contributed by atoms with Crippen LogP contribution in [0.15, 0.2) is 24.3 Å². The van der Waals surface area contributed by atoms with Crippen LogP contribution in [-0.4, -0.2) is 14.9 Å². The molecule has 19 heavy (non-hydrogen) atoms. The molecule has 1 aromatic heterocycles. The van der Waals surface area contributed by atoms with E-state index in [0.717, 1.165) is 17.1 Å². The minimum absolute atomic E-state index is 0.0371. The Labute approximate surface area is 113 Å². The van der Waals surface area contributed by atoms with Gasteiger partial charge in [0.15, 0.2) is 0 Å². The smallest absolute Gasteiger partial charge is 0.221 e. The molecule has 102 valence electrons. The summed E-state index contributed by atoms with van der Waals surface area (Å²) in [5.74, 6) is 1.66. The largest absolute Gasteiger partial charge is 0.508 e. The fraction of sp³-hybridized carbons (Fsp3) is 0.400. The van der Waals surface area contributed by atoms with Gasteiger partial charge in [0.05, 0.1) is 5.69 Å². The Morgan fingerprint density at radius 3 is 2.26 bits per heavy atom. The quantitative estimate of drug-likeness (QED) is 0.898. The molecule has 4 nitrogen and oxygen atoms in total. The van der Waals surface area contributed by atoms with Crippen molar-refractivity contribution >= 4 is 0 Å². The summed E-state index contributed by atoms with van der Waals surface area (Å²) in [6.07, 6.45) is 0. The zero-order valence-electron chi connectivity index (χ0n) is 12.1. The Hall–Kier alpha value is -1.97. The normalized spacial score (nSPS) is 11.6. The van der Waals surface area contributed by atoms with Gasteiger partial charge in [-0.1, -0.05) is 20.8 Å². The average Bonchev–Trinajstić information content (AvgIpc) is 2.56. The van der Waals surface area contributed by atoms with Crippen molar-refractivity contribution in [2.24, 2.45) is 7.05 Å². The van der Waals surface area contributed by atoms with Crippen molar-refractivity contribution in [1.82, 2.24) is 9.78 Å². The molecule has 0 atom stereocenters. The number of aromatic nitrogens is 2. The molecule has 0 amide bonds. The van der Waals surface area contributed by atoms with E-state index in [1.54, 1.807) is 28.9 Å². The van der Waals surface area contributed by atoms with Crippen LogP contribution in [0, 0.1) is 6.92 Å². The van der Waals surface area contributed by atoms with Crippen molar-refractivity contribution in [2.45, 2.75) is 33.1 Å². The van der Waals surface area contributed by atoms with E-state index in [2.05, 4.69) is 25.9 Å². The minimum atomic E-state index is -0.0371. The van der Waals surface area contributed by atoms with Crippen LogP contribution in [0.1, 0.15) is 32.0 Å². The Morgan fingerprint density at radius 2 is 1.74 bits per heavy atom. The van der Waals surface area contributed by atoms with Crippen molar-refractivity contribution in [2.75, 3.05) is 0 Å². The molecule has 0 saturated carbocycles. The van der Waals surface area contributed by atoms with Crippen LogP contribution >= 0.6 is 0 Å². The van der Waals surface area contributed by atoms with Crippen molar-refractivity contribution in [1.29, 1.82) is 0 Å². The summed E-state index contributed by atoms with van der Waals surface area (Å²) < 4.78 is 7.68. The van der Waals surface area contributed by atoms with Crippen LogP contribution < -0.4 is 4.74 Å². The number of nitrogens with zero attached hydrogens (tertiary/aromatic N) is 2. The standard InChI is InChI=1S/C15H20N2O2/c1-10-13(15(2,3)4)14(17(5)16-10)19-12-8-6-11(18)7-9-12/h6-9,18H,1-5H3. The molecule has 0 fully saturated rings. The first-order valence-electron chi connectivity index (χ1n) is 6.30. The molecule has 2 aromatic rings. The highest BCUT2D eigenvalue weighted by Crippen LogP contribution is 2.36. The van der Waals surface area contributed by atoms with Crippen LogP contribution in [0.4, 0.5) is 0 Å². The lowest BCUT2D eigenvalue weighted by atomic mass is 9.87. The topological polar surface area (TPSA) is 47.3 Å². The van der Waals surface area contributed by atoms with Gasteiger partial charge in [0, 0.05) is 12.6 Å². The molecule has 0 radical (unpaired) electrons. The van der Waals surface area contributed by atoms with Gasteiger partial charge in [-0.3, -0.25) is 0 Å². The van der Waals surface area contributed by atoms with Gasteiger partial charge >= 0.3 is 0 Å². The van der Waals surface area contributed by atoms with Gasteiger partial charge in [-0.25, -0.2) is 4.68 Å². The molecule has 0 unspecified atom stereocenters. The van der Waals surface area contributed by atoms with Gasteiger partial charge in [0.25, 0.3) is 0 Å². The molecule has 1 heterocycles. The predicted molar refractivity (Wildman–Crippen MR) is 74.8 cm³/mol. The van der Waals surface area contributed by atoms with E-state index >= 15 is 0 Å². The van der Waals surface area contributed by atoms with E-state index in [-0.39, 0.29) is 11.2 Å². The first-order valence-corrected chi connectivity index (χ1v) is 6.30. The fourth-order valence-corrected chi connectivity index (χ4v) is 2.24. The number of phenolic OH excluding ortho intramolecular Hbond substituents is 1. The number of rotatable bonds is 2. The maximum Gasteiger partial charge on any atom is 0.221 e. The Bertz CT molecular complexity index is 577. The molecule has 1 aromatic carbocycles. The third-order valence-electron chi connectivity index (χ3n) is 2.97. The van der Waals surface area contributed by atoms with E-state index < -0.39 is 0 Å². The maximum absolute atomic E-state index is 9.29. The highest BCUT2D eigenvalue weighted by atomic mass is 16.5. The van der Waals surface area contributed by atoms with Gasteiger partial charge in [0.1, 0.15) is 11.5 Å². The Balaban J connectivity index is 2.42. The zero-order chi connectivity index (χ0) is 14.2. The third-order valence-corrected chi connectivity index (χ3v) is 2.97. The third kappa shape index (κ3) is 2.72. The lowest BCUT2D eigenvalue weighted by Gasteiger charge is -2.20. The molecule has 0 aliphatic rings. The van der Waals surface area contributed by atoms with Gasteiger partial charge in [-0.2, -0.15) is 5.10 Å². The minimum Gasteiger partial charge on any atom is -0.508 e. The molecule has 1 N–H and O–H groups in total. The number of aryl methyl sites for hydroxylation is 2. The molecule has 0 saturated heterocycles. The van der Waals surface area contributed by atoms with Gasteiger partial charge in [-0.05, 0) is 36.6 Å². The summed E-state index contributed by atoms with van der Waals surface area (Å²) >= 11 is 0. The lowest BCUT2D eigenvalue weighted by molar-refractivity contribution is 0.411. The maximum atomic E-state index is 9.29. The number of aromatic hydroxyl groups is 1. The van der Waals surface area contributed by atoms with Crippen LogP contribution in [-0.2, 0) is 12.5 Å². The van der Waals surface area contributed by atoms with E-state index in [9.17, 15) is 5.11 Å². The SMILES string of the molecule is Cc1nn(C)c(Oc2ccc(O)cc2)c1C(C)(C)C. The van der Waals surface area contributed by atoms with E-state index in [1.165, 1.54) is 0 Å². The summed E-state index contributed by atoms with van der Waals surface area (Å²) in [7, 11) is 1.87. The van der Waals surface area contributed by atoms with E-state index in [1.807, 2.05) is 14.0 Å². The first kappa shape index (κ1) is 13.5. The number of ether oxygens (including phenoxy) is 1. The van der Waals surface area contributed by atoms with Crippen molar-refractivity contribution in [3.63, 3.8) is 0 Å². The van der Waals surface area contributed by atoms with E-state index in [4.69, 9.17) is 4.74 Å². The number of hydrogen-bond acceptors (Lipinski definition) is 3. The summed E-state index contributed by atoms with van der Waals surface area (Å²) in [6.45, 7) is 8.41. The second-order valence-corrected chi connectivity index (χ2v) is 5.74. The van der Waals surface area contributed by atoms with Crippen LogP contribution in [0.3, 0.4) is 0 Å². The Morgan fingerprint density at radius 1 is 1.16 bits per heavy atom. The summed E-state index contributed by atoms with van der Waals surface area (Å²) in [4.78, 5) is 0. The molecular weight excluding hydrogens is 240 g/mol. The van der Waals surface area contributed by atoms with Gasteiger partial charge in [0.2, 0.25) is 5.88 Å². The van der Waals surface area contributed by atoms with Gasteiger partial charge < -0.3 is 9.84 Å². The van der Waals surface area contributed by atoms with Crippen molar-refractivity contribution in [3.8, 4) is 17.4 Å². The molecule has 0 aliphatic carbocycles. The van der Waals surface area contributed by atoms with E-state index in [0.29, 0.717) is 5.75 Å². The first-order chi connectivity index (χ1) is 8.79. The fourth-order valence-electron chi connectivity index (χ4n) is 2.24. The molecule has 0 spiro atoms. The van der Waals surface area contributed by atoms with Gasteiger partial charge in [-0.15, -0.1) is 0 Å². The molecule has 4 heteroatoms. The predicted octanol–water partition coefficient (Wildman–Crippen LogP) is 3.52. The number of hydrogen-bond donors (Lipinski definition) is 1. The second kappa shape index (κ2) is 4.61. The van der Waals surface area contributed by atoms with Crippen LogP contribution in [0.25, 0.3) is 0 Å². The second-order valence-electron chi connectivity index (χ2n) is 5.74. The zero-order valence-corrected chi connectivity index (χ0v) is 12.1. The highest BCUT2D eigenvalue weighted by Gasteiger charge is 2.26. The Kier molecular flexibility index (Phi) is 3.27. The summed E-state index contributed by atoms with van der Waals surface area (Å²) in [5.41, 5.74) is 2.04. The number of phenols is 1. The average molecular weight is 260 g/mol. The summed E-state index contributed by atoms with van der Waals surface area (Å²) in [6, 6.07) is 6.69. The summed E-state index contributed by atoms with van der Waals surface area (Å²) in [5, 5.41) is 13.7. The van der Waals surface area contributed by atoms with Crippen LogP contribution in [0.2, 0.25) is 0 Å². The monoisotopic (exact) mass is 260 g/mol. The molecule has 2 rings (SSSR count). The van der Waals surface area contributed by atoms with Crippen molar-refractivity contribution < 1.29 is 9.84 Å². The highest BCUT2D eigenvalue weighted by molar-refractivity contribution is 5.41. The molecule has 0 bridgehead atoms. The molecule has 0 aliphatic heterocycles.